The molecule has 1 aromatic rings. The van der Waals surface area contributed by atoms with Crippen molar-refractivity contribution in [3.05, 3.63) is 46.0 Å². The molecule has 1 saturated heterocycles. The molecule has 1 heterocycles. The van der Waals surface area contributed by atoms with Crippen molar-refractivity contribution in [2.24, 2.45) is 67.3 Å². The summed E-state index contributed by atoms with van der Waals surface area (Å²) in [4.78, 5) is 67.4. The molecule has 7 aliphatic rings. The lowest BCUT2D eigenvalue weighted by Gasteiger charge is -2.77. The van der Waals surface area contributed by atoms with Crippen LogP contribution in [0.3, 0.4) is 0 Å². The number of amides is 2. The number of carboxylic acids is 1. The predicted molar refractivity (Wildman–Crippen MR) is 240 cm³/mol. The van der Waals surface area contributed by atoms with Crippen molar-refractivity contribution in [2.75, 3.05) is 19.8 Å². The summed E-state index contributed by atoms with van der Waals surface area (Å²) < 4.78 is 12.0. The number of carbonyl (C=O) groups is 5. The Labute approximate surface area is 379 Å². The van der Waals surface area contributed by atoms with Crippen LogP contribution < -0.4 is 16.4 Å². The van der Waals surface area contributed by atoms with Crippen molar-refractivity contribution in [1.82, 2.24) is 10.6 Å². The van der Waals surface area contributed by atoms with Gasteiger partial charge in [0, 0.05) is 46.3 Å². The second kappa shape index (κ2) is 14.9. The average molecular weight is 891 g/mol. The summed E-state index contributed by atoms with van der Waals surface area (Å²) in [6, 6.07) is 6.68. The molecule has 5 N–H and O–H groups in total. The zero-order valence-electron chi connectivity index (χ0n) is 39.4. The molecule has 6 fully saturated rings. The number of carbonyl (C=O) groups excluding carboxylic acids is 4. The van der Waals surface area contributed by atoms with E-state index < -0.39 is 39.7 Å². The molecule has 5 saturated carbocycles. The Hall–Kier alpha value is -3.28. The number of nitrogens with one attached hydrogen (secondary N) is 2. The fourth-order valence-corrected chi connectivity index (χ4v) is 15.7. The minimum absolute atomic E-state index is 0.0457. The van der Waals surface area contributed by atoms with Gasteiger partial charge in [-0.05, 0) is 132 Å². The van der Waals surface area contributed by atoms with Crippen molar-refractivity contribution in [3.63, 3.8) is 0 Å². The number of fused-ring (bicyclic) bond motifs is 7. The molecular weight excluding hydrogens is 818 g/mol. The van der Waals surface area contributed by atoms with Crippen LogP contribution in [0.4, 0.5) is 0 Å². The zero-order valence-corrected chi connectivity index (χ0v) is 40.1. The first-order valence-electron chi connectivity index (χ1n) is 23.6. The average Bonchev–Trinajstić information content (AvgIpc) is 3.48. The Morgan fingerprint density at radius 3 is 2.10 bits per heavy atom. The molecule has 346 valence electrons. The van der Waals surface area contributed by atoms with Gasteiger partial charge < -0.3 is 30.9 Å². The summed E-state index contributed by atoms with van der Waals surface area (Å²) in [6.45, 7) is 23.0. The van der Waals surface area contributed by atoms with Gasteiger partial charge in [-0.1, -0.05) is 80.8 Å². The molecular formula is C51H72ClN3O8. The summed E-state index contributed by atoms with van der Waals surface area (Å²) in [5, 5.41) is 16.5. The van der Waals surface area contributed by atoms with Crippen molar-refractivity contribution < 1.29 is 38.6 Å². The van der Waals surface area contributed by atoms with Gasteiger partial charge in [0.2, 0.25) is 5.91 Å². The minimum Gasteiger partial charge on any atom is -0.481 e. The lowest BCUT2D eigenvalue weighted by atomic mass is 9.28. The minimum atomic E-state index is -0.855. The number of Topliss-reactive ketones (excluding diaryl/α,β-unsaturated/α-hetero) is 1. The molecule has 6 aliphatic carbocycles. The Morgan fingerprint density at radius 2 is 1.51 bits per heavy atom. The number of ketones is 1. The van der Waals surface area contributed by atoms with Gasteiger partial charge >= 0.3 is 11.9 Å². The second-order valence-electron chi connectivity index (χ2n) is 23.8. The van der Waals surface area contributed by atoms with E-state index >= 15 is 0 Å². The lowest BCUT2D eigenvalue weighted by Crippen LogP contribution is -2.75. The van der Waals surface area contributed by atoms with Gasteiger partial charge in [-0.25, -0.2) is 0 Å². The van der Waals surface area contributed by atoms with Crippen molar-refractivity contribution >= 4 is 41.1 Å². The van der Waals surface area contributed by atoms with E-state index in [4.69, 9.17) is 26.8 Å². The molecule has 11 nitrogen and oxygen atoms in total. The molecule has 0 aromatic heterocycles. The van der Waals surface area contributed by atoms with E-state index in [0.717, 1.165) is 56.1 Å². The SMILES string of the molecule is CC(C)C1=C2[C@@](CC(=O)NCC3(NC(=O)c4ccc(Cl)cc4)COC3)(CC[C@]3(C)[C@]2(N)CC[C@H]2[C@@]3(C)CC[C@@]3(C)C(C)(C)[C@@H](OC(=O)[C@H]4C[C@@H](C(=O)O)C4(C)C)CC[C@]23C)CC1=O. The predicted octanol–water partition coefficient (Wildman–Crippen LogP) is 8.46. The molecule has 1 aliphatic heterocycles. The van der Waals surface area contributed by atoms with Gasteiger partial charge in [0.15, 0.2) is 5.78 Å². The lowest BCUT2D eigenvalue weighted by molar-refractivity contribution is -0.275. The number of benzene rings is 1. The monoisotopic (exact) mass is 890 g/mol. The van der Waals surface area contributed by atoms with Crippen LogP contribution in [0.1, 0.15) is 150 Å². The third kappa shape index (κ3) is 6.41. The highest BCUT2D eigenvalue weighted by Crippen LogP contribution is 2.80. The molecule has 0 spiro atoms. The third-order valence-corrected chi connectivity index (χ3v) is 20.6. The van der Waals surface area contributed by atoms with E-state index in [2.05, 4.69) is 66.0 Å². The molecule has 12 heteroatoms. The number of esters is 1. The maximum absolute atomic E-state index is 14.3. The number of aliphatic carboxylic acids is 1. The van der Waals surface area contributed by atoms with Crippen LogP contribution in [0.25, 0.3) is 0 Å². The molecule has 63 heavy (non-hydrogen) atoms. The first kappa shape index (κ1) is 46.3. The van der Waals surface area contributed by atoms with Gasteiger partial charge in [-0.2, -0.15) is 0 Å². The number of carboxylic acid groups (broad SMARTS) is 1. The fraction of sp³-hybridized carbons (Fsp3) is 0.745. The summed E-state index contributed by atoms with van der Waals surface area (Å²) in [5.41, 5.74) is 6.35. The van der Waals surface area contributed by atoms with Crippen LogP contribution in [0.2, 0.25) is 5.02 Å². The van der Waals surface area contributed by atoms with Gasteiger partial charge in [0.25, 0.3) is 5.91 Å². The number of ether oxygens (including phenoxy) is 2. The van der Waals surface area contributed by atoms with E-state index in [-0.39, 0.29) is 95.3 Å². The normalized spacial score (nSPS) is 40.6. The molecule has 0 unspecified atom stereocenters. The van der Waals surface area contributed by atoms with Crippen LogP contribution in [-0.2, 0) is 28.7 Å². The van der Waals surface area contributed by atoms with Crippen molar-refractivity contribution in [3.8, 4) is 0 Å². The van der Waals surface area contributed by atoms with Crippen molar-refractivity contribution in [2.45, 2.75) is 157 Å². The molecule has 0 radical (unpaired) electrons. The quantitative estimate of drug-likeness (QED) is 0.168. The van der Waals surface area contributed by atoms with E-state index in [1.54, 1.807) is 24.3 Å². The first-order chi connectivity index (χ1) is 29.2. The van der Waals surface area contributed by atoms with Crippen LogP contribution in [0, 0.1) is 61.6 Å². The summed E-state index contributed by atoms with van der Waals surface area (Å²) in [5.74, 6) is -2.14. The number of rotatable bonds is 10. The molecule has 1 aromatic carbocycles. The fourth-order valence-electron chi connectivity index (χ4n) is 15.6. The highest BCUT2D eigenvalue weighted by Gasteiger charge is 2.76. The molecule has 8 rings (SSSR count). The maximum atomic E-state index is 14.3. The standard InChI is InChI=1S/C51H72ClN3O8/c1-29(2)38-34(56)24-49(25-37(57)54-26-50(27-62-28-50)55-40(58)30-11-13-31(52)14-12-30)22-21-48(10)46(8)19-20-47(9)44(5,6)36(63-42(61)33-23-32(41(59)60)43(33,3)4)16-17-45(47,7)35(46)15-18-51(48,53)39(38)49/h11-14,29,32-33,35-36H,15-28,53H2,1-10H3,(H,54,57)(H,55,58)(H,59,60)/t32-,33+,35+,36-,45+,46+,47-,48-,49-,51-/m0/s1. The Morgan fingerprint density at radius 1 is 0.873 bits per heavy atom. The van der Waals surface area contributed by atoms with Crippen LogP contribution in [0.15, 0.2) is 35.4 Å². The van der Waals surface area contributed by atoms with Gasteiger partial charge in [-0.15, -0.1) is 0 Å². The molecule has 0 bridgehead atoms. The van der Waals surface area contributed by atoms with Crippen LogP contribution in [0.5, 0.6) is 0 Å². The highest BCUT2D eigenvalue weighted by molar-refractivity contribution is 6.30. The highest BCUT2D eigenvalue weighted by atomic mass is 35.5. The molecule has 10 atom stereocenters. The maximum Gasteiger partial charge on any atom is 0.309 e. The number of nitrogens with two attached hydrogens (primary N) is 1. The number of allylic oxidation sites excluding steroid dienone is 1. The number of halogens is 1. The summed E-state index contributed by atoms with van der Waals surface area (Å²) in [7, 11) is 0. The van der Waals surface area contributed by atoms with Gasteiger partial charge in [0.1, 0.15) is 11.6 Å². The van der Waals surface area contributed by atoms with Crippen LogP contribution >= 0.6 is 11.6 Å². The molecule has 2 amide bonds. The smallest absolute Gasteiger partial charge is 0.309 e. The van der Waals surface area contributed by atoms with E-state index in [1.165, 1.54) is 0 Å². The van der Waals surface area contributed by atoms with E-state index in [9.17, 15) is 29.1 Å². The van der Waals surface area contributed by atoms with Crippen molar-refractivity contribution in [1.29, 1.82) is 0 Å². The van der Waals surface area contributed by atoms with Gasteiger partial charge in [-0.3, -0.25) is 24.0 Å². The Bertz CT molecular complexity index is 2150. The second-order valence-corrected chi connectivity index (χ2v) is 24.2. The van der Waals surface area contributed by atoms with E-state index in [1.807, 2.05) is 13.8 Å². The Balaban J connectivity index is 1.03. The zero-order chi connectivity index (χ0) is 46.1. The number of hydrogen-bond acceptors (Lipinski definition) is 8. The summed E-state index contributed by atoms with van der Waals surface area (Å²) in [6.07, 6.45) is 7.08. The first-order valence-corrected chi connectivity index (χ1v) is 24.0. The van der Waals surface area contributed by atoms with Gasteiger partial charge in [0.05, 0.1) is 25.0 Å². The largest absolute Gasteiger partial charge is 0.481 e. The Kier molecular flexibility index (Phi) is 10.9. The van der Waals surface area contributed by atoms with E-state index in [0.29, 0.717) is 29.3 Å². The van der Waals surface area contributed by atoms with Crippen LogP contribution in [-0.4, -0.2) is 71.6 Å². The summed E-state index contributed by atoms with van der Waals surface area (Å²) >= 11 is 6.05. The third-order valence-electron chi connectivity index (χ3n) is 20.4. The topological polar surface area (TPSA) is 174 Å². The number of hydrogen-bond donors (Lipinski definition) is 4.